The molecule has 0 amide bonds. The van der Waals surface area contributed by atoms with Gasteiger partial charge in [-0.1, -0.05) is 24.3 Å². The first-order chi connectivity index (χ1) is 5.92. The minimum atomic E-state index is 0. The van der Waals surface area contributed by atoms with E-state index in [4.69, 9.17) is 5.84 Å². The molecule has 5 heteroatoms. The van der Waals surface area contributed by atoms with Crippen molar-refractivity contribution in [2.75, 3.05) is 5.43 Å². The first kappa shape index (κ1) is 9.70. The number of nitrogens with zero attached hydrogens (tertiary/aromatic N) is 2. The van der Waals surface area contributed by atoms with Crippen LogP contribution in [0.3, 0.4) is 0 Å². The van der Waals surface area contributed by atoms with Crippen LogP contribution in [0.15, 0.2) is 30.5 Å². The molecule has 0 unspecified atom stereocenters. The maximum Gasteiger partial charge on any atom is 0.170 e. The van der Waals surface area contributed by atoms with Crippen LogP contribution in [0.1, 0.15) is 0 Å². The summed E-state index contributed by atoms with van der Waals surface area (Å²) < 4.78 is 0. The second kappa shape index (κ2) is 4.02. The van der Waals surface area contributed by atoms with Crippen LogP contribution in [0.2, 0.25) is 0 Å². The van der Waals surface area contributed by atoms with Gasteiger partial charge < -0.3 is 5.43 Å². The van der Waals surface area contributed by atoms with Crippen LogP contribution >= 0.6 is 12.4 Å². The lowest BCUT2D eigenvalue weighted by Gasteiger charge is -2.01. The summed E-state index contributed by atoms with van der Waals surface area (Å²) in [6, 6.07) is 7.79. The molecule has 0 spiro atoms. The highest BCUT2D eigenvalue weighted by Crippen LogP contribution is 2.17. The molecule has 1 heterocycles. The second-order valence-electron chi connectivity index (χ2n) is 2.42. The molecule has 4 nitrogen and oxygen atoms in total. The fraction of sp³-hybridized carbons (Fsp3) is 0. The zero-order valence-corrected chi connectivity index (χ0v) is 7.58. The van der Waals surface area contributed by atoms with Crippen LogP contribution in [0.5, 0.6) is 0 Å². The molecule has 2 aromatic rings. The van der Waals surface area contributed by atoms with Crippen molar-refractivity contribution in [1.29, 1.82) is 0 Å². The van der Waals surface area contributed by atoms with Crippen LogP contribution in [0, 0.1) is 0 Å². The molecule has 0 fully saturated rings. The number of nitrogens with one attached hydrogen (secondary N) is 1. The summed E-state index contributed by atoms with van der Waals surface area (Å²) in [5.74, 6) is 5.87. The Bertz CT molecular complexity index is 399. The SMILES string of the molecule is Cl.[15NH2][15NH]c1[15n][15n]cc2ccccc12. The number of nitrogens with two attached hydrogens (primary N) is 1. The molecular formula is C8H9ClN4. The van der Waals surface area contributed by atoms with Gasteiger partial charge in [-0.2, -0.15) is 5.10 Å². The zero-order valence-electron chi connectivity index (χ0n) is 6.77. The average Bonchev–Trinajstić information content (AvgIpc) is 2.17. The normalized spacial score (nSPS) is 9.31. The van der Waals surface area contributed by atoms with E-state index in [1.807, 2.05) is 24.3 Å². The van der Waals surface area contributed by atoms with Crippen molar-refractivity contribution in [2.24, 2.45) is 5.84 Å². The highest BCUT2D eigenvalue weighted by Gasteiger charge is 1.98. The Morgan fingerprint density at radius 1 is 1.23 bits per heavy atom. The molecule has 0 saturated heterocycles. The second-order valence-corrected chi connectivity index (χ2v) is 2.42. The van der Waals surface area contributed by atoms with Gasteiger partial charge in [-0.3, -0.25) is 0 Å². The molecule has 68 valence electrons. The monoisotopic (exact) mass is 200 g/mol. The van der Waals surface area contributed by atoms with Gasteiger partial charge in [0.2, 0.25) is 0 Å². The van der Waals surface area contributed by atoms with E-state index in [9.17, 15) is 0 Å². The van der Waals surface area contributed by atoms with Gasteiger partial charge in [-0.15, -0.1) is 17.5 Å². The zero-order chi connectivity index (χ0) is 8.39. The third kappa shape index (κ3) is 1.68. The van der Waals surface area contributed by atoms with E-state index in [0.717, 1.165) is 10.8 Å². The summed E-state index contributed by atoms with van der Waals surface area (Å²) in [4.78, 5) is 0. The quantitative estimate of drug-likeness (QED) is 0.414. The number of halogens is 1. The maximum absolute atomic E-state index is 5.26. The van der Waals surface area contributed by atoms with E-state index >= 15 is 0 Å². The summed E-state index contributed by atoms with van der Waals surface area (Å²) in [5.41, 5.74) is 2.50. The minimum absolute atomic E-state index is 0. The fourth-order valence-electron chi connectivity index (χ4n) is 1.13. The number of nitrogen functional groups attached to an aromatic ring is 1. The molecule has 0 atom stereocenters. The molecule has 0 bridgehead atoms. The molecule has 2 rings (SSSR count). The maximum atomic E-state index is 5.26. The van der Waals surface area contributed by atoms with Gasteiger partial charge in [0.25, 0.3) is 0 Å². The number of hydrazine groups is 1. The molecule has 0 radical (unpaired) electrons. The molecule has 0 saturated carbocycles. The third-order valence-corrected chi connectivity index (χ3v) is 1.71. The van der Waals surface area contributed by atoms with Gasteiger partial charge in [0, 0.05) is 10.8 Å². The minimum Gasteiger partial charge on any atom is -0.306 e. The Kier molecular flexibility index (Phi) is 3.00. The summed E-state index contributed by atoms with van der Waals surface area (Å²) in [7, 11) is 0. The predicted octanol–water partition coefficient (Wildman–Crippen LogP) is 1.34. The highest BCUT2D eigenvalue weighted by molar-refractivity contribution is 5.90. The average molecular weight is 201 g/mol. The van der Waals surface area contributed by atoms with E-state index in [-0.39, 0.29) is 12.4 Å². The van der Waals surface area contributed by atoms with Gasteiger partial charge in [-0.25, -0.2) is 5.84 Å². The molecule has 0 aliphatic heterocycles. The lowest BCUT2D eigenvalue weighted by molar-refractivity contribution is 1.04. The van der Waals surface area contributed by atoms with E-state index in [2.05, 4.69) is 15.6 Å². The highest BCUT2D eigenvalue weighted by atomic mass is 35.5. The molecule has 0 aliphatic rings. The van der Waals surface area contributed by atoms with Crippen molar-refractivity contribution in [3.05, 3.63) is 30.5 Å². The number of rotatable bonds is 1. The number of hydrogen-bond donors (Lipinski definition) is 2. The Hall–Kier alpha value is -1.39. The summed E-state index contributed by atoms with van der Waals surface area (Å²) in [5, 5.41) is 9.64. The van der Waals surface area contributed by atoms with Gasteiger partial charge in [0.15, 0.2) is 5.82 Å². The van der Waals surface area contributed by atoms with E-state index in [1.165, 1.54) is 0 Å². The van der Waals surface area contributed by atoms with Crippen molar-refractivity contribution in [2.45, 2.75) is 0 Å². The lowest BCUT2D eigenvalue weighted by atomic mass is 10.2. The fourth-order valence-corrected chi connectivity index (χ4v) is 1.13. The van der Waals surface area contributed by atoms with Gasteiger partial charge in [-0.05, 0) is 0 Å². The largest absolute Gasteiger partial charge is 0.306 e. The van der Waals surface area contributed by atoms with Crippen LogP contribution in [-0.2, 0) is 0 Å². The van der Waals surface area contributed by atoms with Gasteiger partial charge in [0.1, 0.15) is 0 Å². The standard InChI is InChI=1S/C8H8N4.ClH/c9-11-8-7-4-2-1-3-6(7)5-10-12-8;/h1-5H,9H2,(H,11,12);1H/i9+1,10+1,11+1,12+1;. The molecular weight excluding hydrogens is 192 g/mol. The smallest absolute Gasteiger partial charge is 0.170 e. The van der Waals surface area contributed by atoms with Gasteiger partial charge in [0.05, 0.1) is 6.20 Å². The van der Waals surface area contributed by atoms with Crippen molar-refractivity contribution in [3.63, 3.8) is 0 Å². The van der Waals surface area contributed by atoms with E-state index in [1.54, 1.807) is 6.20 Å². The van der Waals surface area contributed by atoms with Crippen molar-refractivity contribution >= 4 is 29.0 Å². The van der Waals surface area contributed by atoms with Crippen molar-refractivity contribution in [1.82, 2.24) is 10.2 Å². The Labute approximate surface area is 81.5 Å². The Balaban J connectivity index is 0.000000845. The first-order valence-corrected chi connectivity index (χ1v) is 3.59. The van der Waals surface area contributed by atoms with Crippen LogP contribution < -0.4 is 11.3 Å². The third-order valence-electron chi connectivity index (χ3n) is 1.71. The number of benzene rings is 1. The van der Waals surface area contributed by atoms with Crippen LogP contribution in [-0.4, -0.2) is 10.2 Å². The topological polar surface area (TPSA) is 63.8 Å². The Morgan fingerprint density at radius 2 is 2.00 bits per heavy atom. The molecule has 3 N–H and O–H groups in total. The van der Waals surface area contributed by atoms with Crippen LogP contribution in [0.4, 0.5) is 5.82 Å². The summed E-state index contributed by atoms with van der Waals surface area (Å²) >= 11 is 0. The molecule has 1 aromatic heterocycles. The van der Waals surface area contributed by atoms with Crippen molar-refractivity contribution < 1.29 is 0 Å². The molecule has 0 aliphatic carbocycles. The lowest BCUT2D eigenvalue weighted by Crippen LogP contribution is -2.09. The van der Waals surface area contributed by atoms with Crippen LogP contribution in [0.25, 0.3) is 10.8 Å². The predicted molar refractivity (Wildman–Crippen MR) is 54.6 cm³/mol. The number of aromatic nitrogens is 2. The number of hydrogen-bond acceptors (Lipinski definition) is 4. The van der Waals surface area contributed by atoms with E-state index in [0.29, 0.717) is 5.82 Å². The van der Waals surface area contributed by atoms with E-state index < -0.39 is 0 Å². The number of anilines is 1. The van der Waals surface area contributed by atoms with Crippen molar-refractivity contribution in [3.8, 4) is 0 Å². The first-order valence-electron chi connectivity index (χ1n) is 3.59. The molecule has 1 aromatic carbocycles. The summed E-state index contributed by atoms with van der Waals surface area (Å²) in [6.45, 7) is 0. The number of fused-ring (bicyclic) bond motifs is 1. The Morgan fingerprint density at radius 3 is 2.77 bits per heavy atom. The van der Waals surface area contributed by atoms with Gasteiger partial charge >= 0.3 is 0 Å². The summed E-state index contributed by atoms with van der Waals surface area (Å²) in [6.07, 6.45) is 1.70. The molecule has 13 heavy (non-hydrogen) atoms.